The molecule has 2 fully saturated rings. The van der Waals surface area contributed by atoms with Gasteiger partial charge in [0.05, 0.1) is 4.05 Å². The van der Waals surface area contributed by atoms with E-state index >= 15 is 0 Å². The molecule has 1 saturated carbocycles. The summed E-state index contributed by atoms with van der Waals surface area (Å²) in [7, 11) is 0. The van der Waals surface area contributed by atoms with Gasteiger partial charge in [0.15, 0.2) is 0 Å². The minimum absolute atomic E-state index is 0.798. The second-order valence-corrected chi connectivity index (χ2v) is 4.18. The third-order valence-corrected chi connectivity index (χ3v) is 3.66. The van der Waals surface area contributed by atoms with Gasteiger partial charge in [0.1, 0.15) is 0 Å². The zero-order valence-corrected chi connectivity index (χ0v) is 6.89. The standard InChI is InChI=1S/C6H10IN/c7-6-4-1-2-5(3-4)8-6/h4-6,8H,1-3H2/t4-,5+,6-/m0/s1. The van der Waals surface area contributed by atoms with E-state index in [-0.39, 0.29) is 0 Å². The third-order valence-electron chi connectivity index (χ3n) is 2.28. The summed E-state index contributed by atoms with van der Waals surface area (Å²) in [6, 6.07) is 0.891. The van der Waals surface area contributed by atoms with E-state index in [1.165, 1.54) is 19.3 Å². The highest BCUT2D eigenvalue weighted by molar-refractivity contribution is 14.1. The molecule has 2 bridgehead atoms. The van der Waals surface area contributed by atoms with Crippen LogP contribution < -0.4 is 5.32 Å². The Morgan fingerprint density at radius 2 is 2.25 bits per heavy atom. The van der Waals surface area contributed by atoms with Crippen LogP contribution in [0.1, 0.15) is 19.3 Å². The van der Waals surface area contributed by atoms with Crippen LogP contribution in [0.15, 0.2) is 0 Å². The van der Waals surface area contributed by atoms with E-state index in [9.17, 15) is 0 Å². The monoisotopic (exact) mass is 223 g/mol. The molecule has 1 heterocycles. The molecule has 0 aromatic rings. The van der Waals surface area contributed by atoms with Gasteiger partial charge in [0.25, 0.3) is 0 Å². The fraction of sp³-hybridized carbons (Fsp3) is 1.00. The van der Waals surface area contributed by atoms with Gasteiger partial charge in [-0.2, -0.15) is 0 Å². The smallest absolute Gasteiger partial charge is 0.0624 e. The Hall–Kier alpha value is 0.690. The molecule has 0 spiro atoms. The lowest BCUT2D eigenvalue weighted by molar-refractivity contribution is 0.488. The fourth-order valence-corrected chi connectivity index (χ4v) is 2.96. The van der Waals surface area contributed by atoms with Gasteiger partial charge in [-0.3, -0.25) is 0 Å². The fourth-order valence-electron chi connectivity index (χ4n) is 1.79. The predicted octanol–water partition coefficient (Wildman–Crippen LogP) is 1.52. The molecule has 2 rings (SSSR count). The Balaban J connectivity index is 2.11. The summed E-state index contributed by atoms with van der Waals surface area (Å²) < 4.78 is 0.798. The first-order chi connectivity index (χ1) is 3.86. The molecule has 1 N–H and O–H groups in total. The van der Waals surface area contributed by atoms with E-state index in [1.807, 2.05) is 0 Å². The summed E-state index contributed by atoms with van der Waals surface area (Å²) in [6.07, 6.45) is 4.36. The predicted molar refractivity (Wildman–Crippen MR) is 42.1 cm³/mol. The van der Waals surface area contributed by atoms with Crippen LogP contribution in [-0.2, 0) is 0 Å². The molecule has 0 aromatic heterocycles. The van der Waals surface area contributed by atoms with Gasteiger partial charge in [-0.15, -0.1) is 0 Å². The molecule has 0 aromatic carbocycles. The number of fused-ring (bicyclic) bond motifs is 2. The Morgan fingerprint density at radius 3 is 2.50 bits per heavy atom. The third kappa shape index (κ3) is 0.692. The average Bonchev–Trinajstić information content (AvgIpc) is 2.23. The molecule has 3 atom stereocenters. The van der Waals surface area contributed by atoms with Gasteiger partial charge in [0, 0.05) is 6.04 Å². The minimum atomic E-state index is 0.798. The van der Waals surface area contributed by atoms with Crippen LogP contribution in [0.2, 0.25) is 0 Å². The summed E-state index contributed by atoms with van der Waals surface area (Å²) in [5, 5.41) is 3.54. The first-order valence-corrected chi connectivity index (χ1v) is 4.51. The van der Waals surface area contributed by atoms with Gasteiger partial charge >= 0.3 is 0 Å². The summed E-state index contributed by atoms with van der Waals surface area (Å²) in [5.41, 5.74) is 0. The maximum atomic E-state index is 3.54. The van der Waals surface area contributed by atoms with Gasteiger partial charge in [-0.25, -0.2) is 0 Å². The number of nitrogens with one attached hydrogen (secondary N) is 1. The van der Waals surface area contributed by atoms with Crippen LogP contribution in [0.4, 0.5) is 0 Å². The SMILES string of the molecule is I[C@H]1N[C@@H]2CC[C@H]1C2. The summed E-state index contributed by atoms with van der Waals surface area (Å²) in [5.74, 6) is 1.01. The maximum absolute atomic E-state index is 3.54. The maximum Gasteiger partial charge on any atom is 0.0624 e. The zero-order valence-electron chi connectivity index (χ0n) is 4.73. The van der Waals surface area contributed by atoms with Crippen molar-refractivity contribution in [3.8, 4) is 0 Å². The van der Waals surface area contributed by atoms with Crippen molar-refractivity contribution >= 4 is 22.6 Å². The molecule has 0 unspecified atom stereocenters. The van der Waals surface area contributed by atoms with Crippen molar-refractivity contribution in [2.45, 2.75) is 29.4 Å². The molecule has 1 aliphatic heterocycles. The molecule has 0 radical (unpaired) electrons. The number of hydrogen-bond acceptors (Lipinski definition) is 1. The van der Waals surface area contributed by atoms with Crippen molar-refractivity contribution in [3.63, 3.8) is 0 Å². The Kier molecular flexibility index (Phi) is 1.26. The van der Waals surface area contributed by atoms with Gasteiger partial charge < -0.3 is 5.32 Å². The van der Waals surface area contributed by atoms with Gasteiger partial charge in [0.2, 0.25) is 0 Å². The number of halogens is 1. The van der Waals surface area contributed by atoms with Crippen LogP contribution in [-0.4, -0.2) is 10.1 Å². The molecule has 1 saturated heterocycles. The highest BCUT2D eigenvalue weighted by atomic mass is 127. The molecule has 8 heavy (non-hydrogen) atoms. The van der Waals surface area contributed by atoms with Crippen molar-refractivity contribution in [1.82, 2.24) is 5.32 Å². The normalized spacial score (nSPS) is 52.9. The molecule has 1 aliphatic carbocycles. The molecular formula is C6H10IN. The van der Waals surface area contributed by atoms with Crippen molar-refractivity contribution in [2.24, 2.45) is 5.92 Å². The van der Waals surface area contributed by atoms with Crippen LogP contribution in [0.3, 0.4) is 0 Å². The van der Waals surface area contributed by atoms with Crippen molar-refractivity contribution < 1.29 is 0 Å². The highest BCUT2D eigenvalue weighted by Gasteiger charge is 2.37. The Bertz CT molecular complexity index is 103. The number of rotatable bonds is 0. The topological polar surface area (TPSA) is 12.0 Å². The number of alkyl halides is 1. The van der Waals surface area contributed by atoms with Crippen molar-refractivity contribution in [2.75, 3.05) is 0 Å². The molecule has 46 valence electrons. The lowest BCUT2D eigenvalue weighted by Gasteiger charge is -2.16. The van der Waals surface area contributed by atoms with Crippen LogP contribution >= 0.6 is 22.6 Å². The van der Waals surface area contributed by atoms with Gasteiger partial charge in [-0.05, 0) is 25.2 Å². The van der Waals surface area contributed by atoms with Crippen LogP contribution in [0.25, 0.3) is 0 Å². The van der Waals surface area contributed by atoms with Gasteiger partial charge in [-0.1, -0.05) is 22.6 Å². The first-order valence-electron chi connectivity index (χ1n) is 3.26. The Labute approximate surface area is 63.4 Å². The molecule has 2 aliphatic rings. The first kappa shape index (κ1) is 5.47. The van der Waals surface area contributed by atoms with E-state index in [0.717, 1.165) is 16.0 Å². The average molecular weight is 223 g/mol. The largest absolute Gasteiger partial charge is 0.302 e. The number of piperidine rings is 1. The van der Waals surface area contributed by atoms with Crippen LogP contribution in [0.5, 0.6) is 0 Å². The summed E-state index contributed by atoms with van der Waals surface area (Å²) in [6.45, 7) is 0. The number of hydrogen-bond donors (Lipinski definition) is 1. The minimum Gasteiger partial charge on any atom is -0.302 e. The lowest BCUT2D eigenvalue weighted by Crippen LogP contribution is -2.30. The molecule has 2 heteroatoms. The van der Waals surface area contributed by atoms with Crippen LogP contribution in [0, 0.1) is 5.92 Å². The highest BCUT2D eigenvalue weighted by Crippen LogP contribution is 2.37. The van der Waals surface area contributed by atoms with Crippen molar-refractivity contribution in [3.05, 3.63) is 0 Å². The second kappa shape index (κ2) is 1.84. The van der Waals surface area contributed by atoms with E-state index in [4.69, 9.17) is 0 Å². The Morgan fingerprint density at radius 1 is 1.38 bits per heavy atom. The molecule has 1 nitrogen and oxygen atoms in total. The second-order valence-electron chi connectivity index (χ2n) is 2.84. The van der Waals surface area contributed by atoms with E-state index in [1.54, 1.807) is 0 Å². The van der Waals surface area contributed by atoms with Crippen molar-refractivity contribution in [1.29, 1.82) is 0 Å². The zero-order chi connectivity index (χ0) is 5.56. The lowest BCUT2D eigenvalue weighted by atomic mass is 10.1. The molecular weight excluding hydrogens is 213 g/mol. The summed E-state index contributed by atoms with van der Waals surface area (Å²) >= 11 is 2.51. The van der Waals surface area contributed by atoms with E-state index in [2.05, 4.69) is 27.9 Å². The molecule has 0 amide bonds. The van der Waals surface area contributed by atoms with E-state index < -0.39 is 0 Å². The quantitative estimate of drug-likeness (QED) is 0.373. The summed E-state index contributed by atoms with van der Waals surface area (Å²) in [4.78, 5) is 0. The van der Waals surface area contributed by atoms with E-state index in [0.29, 0.717) is 0 Å².